The molecule has 1 aromatic rings. The molecule has 2 saturated carbocycles. The Morgan fingerprint density at radius 3 is 2.59 bits per heavy atom. The van der Waals surface area contributed by atoms with Gasteiger partial charge in [0.1, 0.15) is 5.82 Å². The Morgan fingerprint density at radius 1 is 1.24 bits per heavy atom. The molecule has 9 heteroatoms. The van der Waals surface area contributed by atoms with Gasteiger partial charge in [-0.05, 0) is 55.7 Å². The summed E-state index contributed by atoms with van der Waals surface area (Å²) >= 11 is 3.24. The number of hydrogen-bond donors (Lipinski definition) is 2. The van der Waals surface area contributed by atoms with Gasteiger partial charge in [0, 0.05) is 16.9 Å². The van der Waals surface area contributed by atoms with Crippen molar-refractivity contribution in [2.45, 2.75) is 43.6 Å². The zero-order chi connectivity index (χ0) is 20.8. The van der Waals surface area contributed by atoms with Crippen molar-refractivity contribution in [1.82, 2.24) is 10.6 Å². The van der Waals surface area contributed by atoms with Crippen molar-refractivity contribution >= 4 is 37.6 Å². The van der Waals surface area contributed by atoms with E-state index in [0.29, 0.717) is 29.4 Å². The van der Waals surface area contributed by atoms with Crippen molar-refractivity contribution in [2.24, 2.45) is 11.8 Å². The topological polar surface area (TPSA) is 92.3 Å². The highest BCUT2D eigenvalue weighted by atomic mass is 79.9. The number of amides is 2. The monoisotopic (exact) mass is 486 g/mol. The fraction of sp³-hybridized carbons (Fsp3) is 0.600. The lowest BCUT2D eigenvalue weighted by atomic mass is 9.76. The highest BCUT2D eigenvalue weighted by molar-refractivity contribution is 9.10. The van der Waals surface area contributed by atoms with Crippen LogP contribution < -0.4 is 10.6 Å². The lowest BCUT2D eigenvalue weighted by Crippen LogP contribution is -2.60. The molecule has 2 amide bonds. The van der Waals surface area contributed by atoms with Gasteiger partial charge in [-0.25, -0.2) is 12.8 Å². The normalized spacial score (nSPS) is 29.0. The highest BCUT2D eigenvalue weighted by Gasteiger charge is 2.48. The van der Waals surface area contributed by atoms with Gasteiger partial charge in [-0.2, -0.15) is 0 Å². The Hall–Kier alpha value is -1.48. The minimum atomic E-state index is -3.11. The van der Waals surface area contributed by atoms with E-state index in [2.05, 4.69) is 26.6 Å². The van der Waals surface area contributed by atoms with E-state index in [0.717, 1.165) is 19.3 Å². The molecule has 0 spiro atoms. The third kappa shape index (κ3) is 4.50. The fourth-order valence-corrected chi connectivity index (χ4v) is 6.41. The van der Waals surface area contributed by atoms with Crippen LogP contribution in [0.2, 0.25) is 0 Å². The molecule has 3 aliphatic rings. The molecule has 0 bridgehead atoms. The van der Waals surface area contributed by atoms with Crippen LogP contribution in [0.5, 0.6) is 0 Å². The van der Waals surface area contributed by atoms with E-state index in [9.17, 15) is 22.4 Å². The quantitative estimate of drug-likeness (QED) is 0.644. The maximum atomic E-state index is 14.2. The summed E-state index contributed by atoms with van der Waals surface area (Å²) in [7, 11) is -3.11. The molecule has 158 valence electrons. The average molecular weight is 487 g/mol. The van der Waals surface area contributed by atoms with Crippen molar-refractivity contribution in [1.29, 1.82) is 0 Å². The summed E-state index contributed by atoms with van der Waals surface area (Å²) in [6, 6.07) is 4.90. The second-order valence-electron chi connectivity index (χ2n) is 8.56. The third-order valence-corrected chi connectivity index (χ3v) is 8.65. The predicted octanol–water partition coefficient (Wildman–Crippen LogP) is 2.28. The van der Waals surface area contributed by atoms with E-state index in [1.54, 1.807) is 12.1 Å². The number of nitrogens with one attached hydrogen (secondary N) is 2. The molecule has 1 unspecified atom stereocenters. The van der Waals surface area contributed by atoms with E-state index in [1.807, 2.05) is 0 Å². The summed E-state index contributed by atoms with van der Waals surface area (Å²) < 4.78 is 38.0. The van der Waals surface area contributed by atoms with Crippen LogP contribution in [0.1, 0.15) is 43.6 Å². The van der Waals surface area contributed by atoms with E-state index in [4.69, 9.17) is 0 Å². The molecule has 0 radical (unpaired) electrons. The second-order valence-corrected chi connectivity index (χ2v) is 11.7. The molecule has 2 N–H and O–H groups in total. The first-order chi connectivity index (χ1) is 13.7. The van der Waals surface area contributed by atoms with Gasteiger partial charge >= 0.3 is 0 Å². The van der Waals surface area contributed by atoms with Crippen molar-refractivity contribution < 1.29 is 22.4 Å². The van der Waals surface area contributed by atoms with Crippen molar-refractivity contribution in [2.75, 3.05) is 18.1 Å². The summed E-state index contributed by atoms with van der Waals surface area (Å²) in [6.07, 6.45) is 3.48. The maximum absolute atomic E-state index is 14.2. The molecule has 3 atom stereocenters. The second kappa shape index (κ2) is 7.65. The van der Waals surface area contributed by atoms with Gasteiger partial charge in [-0.3, -0.25) is 9.59 Å². The molecule has 1 aliphatic heterocycles. The first-order valence-corrected chi connectivity index (χ1v) is 12.5. The van der Waals surface area contributed by atoms with Gasteiger partial charge in [-0.1, -0.05) is 22.0 Å². The summed E-state index contributed by atoms with van der Waals surface area (Å²) in [6.45, 7) is 0.304. The first kappa shape index (κ1) is 20.8. The van der Waals surface area contributed by atoms with Gasteiger partial charge < -0.3 is 10.6 Å². The first-order valence-electron chi connectivity index (χ1n) is 9.93. The van der Waals surface area contributed by atoms with Crippen molar-refractivity contribution in [3.05, 3.63) is 34.1 Å². The molecule has 0 aromatic heterocycles. The minimum absolute atomic E-state index is 0.0582. The van der Waals surface area contributed by atoms with Gasteiger partial charge in [0.25, 0.3) is 0 Å². The number of rotatable bonds is 6. The molecule has 3 fully saturated rings. The van der Waals surface area contributed by atoms with Crippen molar-refractivity contribution in [3.8, 4) is 0 Å². The molecule has 1 aromatic carbocycles. The molecule has 4 rings (SSSR count). The summed E-state index contributed by atoms with van der Waals surface area (Å²) in [5.41, 5.74) is 0.0852. The van der Waals surface area contributed by atoms with Gasteiger partial charge in [-0.15, -0.1) is 0 Å². The summed E-state index contributed by atoms with van der Waals surface area (Å²) in [5.74, 6) is -1.57. The van der Waals surface area contributed by atoms with E-state index >= 15 is 0 Å². The van der Waals surface area contributed by atoms with Crippen LogP contribution in [-0.4, -0.2) is 43.8 Å². The predicted molar refractivity (Wildman–Crippen MR) is 109 cm³/mol. The SMILES string of the molecule is O=C(NCC1(NC(=O)[C@@H]2C[C@H]2c2ccc(Br)cc2F)CCC1)C1CCS(=O)(=O)C1. The molecule has 2 aliphatic carbocycles. The molecular weight excluding hydrogens is 463 g/mol. The number of hydrogen-bond acceptors (Lipinski definition) is 4. The van der Waals surface area contributed by atoms with E-state index < -0.39 is 21.3 Å². The van der Waals surface area contributed by atoms with Crippen LogP contribution in [0.4, 0.5) is 4.39 Å². The molecular formula is C20H24BrFN2O4S. The number of carbonyl (C=O) groups excluding carboxylic acids is 2. The Bertz CT molecular complexity index is 948. The summed E-state index contributed by atoms with van der Waals surface area (Å²) in [4.78, 5) is 25.0. The van der Waals surface area contributed by atoms with E-state index in [1.165, 1.54) is 6.07 Å². The molecule has 1 saturated heterocycles. The lowest BCUT2D eigenvalue weighted by molar-refractivity contribution is -0.128. The zero-order valence-corrected chi connectivity index (χ0v) is 18.3. The Balaban J connectivity index is 1.32. The van der Waals surface area contributed by atoms with Crippen molar-refractivity contribution in [3.63, 3.8) is 0 Å². The average Bonchev–Trinajstić information content (AvgIpc) is 3.32. The molecule has 6 nitrogen and oxygen atoms in total. The van der Waals surface area contributed by atoms with Crippen LogP contribution in [-0.2, 0) is 19.4 Å². The van der Waals surface area contributed by atoms with Gasteiger partial charge in [0.15, 0.2) is 9.84 Å². The minimum Gasteiger partial charge on any atom is -0.353 e. The maximum Gasteiger partial charge on any atom is 0.224 e. The van der Waals surface area contributed by atoms with Gasteiger partial charge in [0.05, 0.1) is 23.0 Å². The third-order valence-electron chi connectivity index (χ3n) is 6.39. The largest absolute Gasteiger partial charge is 0.353 e. The number of carbonyl (C=O) groups is 2. The Kier molecular flexibility index (Phi) is 5.48. The number of sulfone groups is 1. The molecule has 1 heterocycles. The lowest BCUT2D eigenvalue weighted by Gasteiger charge is -2.43. The van der Waals surface area contributed by atoms with Crippen LogP contribution >= 0.6 is 15.9 Å². The highest BCUT2D eigenvalue weighted by Crippen LogP contribution is 2.49. The van der Waals surface area contributed by atoms with Gasteiger partial charge in [0.2, 0.25) is 11.8 Å². The number of benzene rings is 1. The van der Waals surface area contributed by atoms with E-state index in [-0.39, 0.29) is 41.0 Å². The number of halogens is 2. The zero-order valence-electron chi connectivity index (χ0n) is 15.9. The smallest absolute Gasteiger partial charge is 0.224 e. The standard InChI is InChI=1S/C20H24BrFN2O4S/c21-13-2-3-14(17(22)8-13)15-9-16(15)19(26)24-20(5-1-6-20)11-23-18(25)12-4-7-29(27,28)10-12/h2-3,8,12,15-16H,1,4-7,9-11H2,(H,23,25)(H,24,26)/t12?,15-,16+/m0/s1. The van der Waals surface area contributed by atoms with Crippen LogP contribution in [0.3, 0.4) is 0 Å². The summed E-state index contributed by atoms with van der Waals surface area (Å²) in [5, 5.41) is 5.93. The van der Waals surface area contributed by atoms with Crippen LogP contribution in [0.15, 0.2) is 22.7 Å². The van der Waals surface area contributed by atoms with Crippen LogP contribution in [0.25, 0.3) is 0 Å². The Morgan fingerprint density at radius 2 is 2.00 bits per heavy atom. The molecule has 29 heavy (non-hydrogen) atoms. The Labute approximate surface area is 178 Å². The fourth-order valence-electron chi connectivity index (χ4n) is 4.34. The van der Waals surface area contributed by atoms with Crippen LogP contribution in [0, 0.1) is 17.7 Å².